The predicted molar refractivity (Wildman–Crippen MR) is 111 cm³/mol. The predicted octanol–water partition coefficient (Wildman–Crippen LogP) is 4.02. The van der Waals surface area contributed by atoms with E-state index in [9.17, 15) is 9.59 Å². The monoisotopic (exact) mass is 440 g/mol. The van der Waals surface area contributed by atoms with Crippen LogP contribution < -0.4 is 25.1 Å². The van der Waals surface area contributed by atoms with E-state index >= 15 is 0 Å². The molecule has 0 aliphatic heterocycles. The second-order valence-corrected chi connectivity index (χ2v) is 6.67. The molecule has 156 valence electrons. The molecule has 0 saturated carbocycles. The minimum atomic E-state index is -0.469. The summed E-state index contributed by atoms with van der Waals surface area (Å²) >= 11 is 11.8. The minimum absolute atomic E-state index is 0.165. The number of hydrogen-bond acceptors (Lipinski definition) is 5. The van der Waals surface area contributed by atoms with Crippen molar-refractivity contribution in [3.05, 3.63) is 52.0 Å². The second kappa shape index (κ2) is 11.4. The number of hydrogen-bond donors (Lipinski definition) is 2. The first-order valence-corrected chi connectivity index (χ1v) is 9.68. The van der Waals surface area contributed by atoms with Gasteiger partial charge in [0.15, 0.2) is 11.5 Å². The van der Waals surface area contributed by atoms with Gasteiger partial charge in [-0.2, -0.15) is 0 Å². The third-order valence-corrected chi connectivity index (χ3v) is 4.27. The summed E-state index contributed by atoms with van der Waals surface area (Å²) in [5.74, 6) is 0.653. The maximum Gasteiger partial charge on any atom is 0.269 e. The van der Waals surface area contributed by atoms with Crippen LogP contribution in [0.25, 0.3) is 0 Å². The van der Waals surface area contributed by atoms with Gasteiger partial charge in [-0.25, -0.2) is 0 Å². The van der Waals surface area contributed by atoms with Crippen LogP contribution in [0.1, 0.15) is 30.1 Å². The minimum Gasteiger partial charge on any atom is -0.493 e. The Morgan fingerprint density at radius 3 is 2.41 bits per heavy atom. The normalized spacial score (nSPS) is 10.2. The Morgan fingerprint density at radius 2 is 1.72 bits per heavy atom. The van der Waals surface area contributed by atoms with Gasteiger partial charge in [-0.05, 0) is 49.7 Å². The van der Waals surface area contributed by atoms with Gasteiger partial charge in [0.1, 0.15) is 5.75 Å². The molecule has 2 rings (SSSR count). The fourth-order valence-electron chi connectivity index (χ4n) is 2.35. The molecule has 2 aromatic carbocycles. The first-order valence-electron chi connectivity index (χ1n) is 8.92. The van der Waals surface area contributed by atoms with Crippen LogP contribution in [0.4, 0.5) is 0 Å². The van der Waals surface area contributed by atoms with Gasteiger partial charge in [0.25, 0.3) is 5.91 Å². The van der Waals surface area contributed by atoms with Gasteiger partial charge in [-0.15, -0.1) is 0 Å². The van der Waals surface area contributed by atoms with Gasteiger partial charge < -0.3 is 14.2 Å². The van der Waals surface area contributed by atoms with Gasteiger partial charge >= 0.3 is 0 Å². The van der Waals surface area contributed by atoms with Crippen LogP contribution >= 0.6 is 23.2 Å². The number of methoxy groups -OCH3 is 1. The molecule has 0 aliphatic rings. The molecule has 2 aromatic rings. The van der Waals surface area contributed by atoms with Crippen molar-refractivity contribution >= 4 is 35.0 Å². The second-order valence-electron chi connectivity index (χ2n) is 5.83. The van der Waals surface area contributed by atoms with Crippen LogP contribution in [0.15, 0.2) is 36.4 Å². The van der Waals surface area contributed by atoms with E-state index in [0.29, 0.717) is 52.5 Å². The molecule has 9 heteroatoms. The van der Waals surface area contributed by atoms with Gasteiger partial charge in [-0.1, -0.05) is 23.2 Å². The Labute approximate surface area is 179 Å². The van der Waals surface area contributed by atoms with Gasteiger partial charge in [0.05, 0.1) is 25.3 Å². The Kier molecular flexibility index (Phi) is 8.89. The Balaban J connectivity index is 1.75. The van der Waals surface area contributed by atoms with Crippen molar-refractivity contribution in [2.24, 2.45) is 0 Å². The number of halogens is 2. The highest BCUT2D eigenvalue weighted by Crippen LogP contribution is 2.28. The number of hydrazine groups is 1. The van der Waals surface area contributed by atoms with E-state index in [1.54, 1.807) is 30.3 Å². The van der Waals surface area contributed by atoms with E-state index in [2.05, 4.69) is 10.9 Å². The topological polar surface area (TPSA) is 85.9 Å². The van der Waals surface area contributed by atoms with Crippen molar-refractivity contribution < 1.29 is 23.8 Å². The highest BCUT2D eigenvalue weighted by atomic mass is 35.5. The Bertz CT molecular complexity index is 861. The molecule has 2 N–H and O–H groups in total. The SMILES string of the molecule is CCOc1ccc(C(=O)NNC(=O)CCCOc2ccc(Cl)cc2Cl)cc1OC. The van der Waals surface area contributed by atoms with Crippen molar-refractivity contribution in [1.82, 2.24) is 10.9 Å². The van der Waals surface area contributed by atoms with Gasteiger partial charge in [0.2, 0.25) is 5.91 Å². The van der Waals surface area contributed by atoms with E-state index in [0.717, 1.165) is 0 Å². The number of ether oxygens (including phenoxy) is 3. The van der Waals surface area contributed by atoms with Crippen LogP contribution in [0.5, 0.6) is 17.2 Å². The average Bonchev–Trinajstić information content (AvgIpc) is 2.71. The van der Waals surface area contributed by atoms with Crippen molar-refractivity contribution in [1.29, 1.82) is 0 Å². The summed E-state index contributed by atoms with van der Waals surface area (Å²) in [4.78, 5) is 24.1. The lowest BCUT2D eigenvalue weighted by Crippen LogP contribution is -2.41. The molecule has 0 aliphatic carbocycles. The molecule has 0 spiro atoms. The molecule has 29 heavy (non-hydrogen) atoms. The van der Waals surface area contributed by atoms with Crippen LogP contribution in [-0.4, -0.2) is 32.1 Å². The molecular formula is C20H22Cl2N2O5. The molecule has 0 unspecified atom stereocenters. The lowest BCUT2D eigenvalue weighted by molar-refractivity contribution is -0.122. The number of rotatable bonds is 9. The average molecular weight is 441 g/mol. The quantitative estimate of drug-likeness (QED) is 0.454. The van der Waals surface area contributed by atoms with E-state index in [1.165, 1.54) is 13.2 Å². The smallest absolute Gasteiger partial charge is 0.269 e. The fourth-order valence-corrected chi connectivity index (χ4v) is 2.81. The van der Waals surface area contributed by atoms with E-state index in [-0.39, 0.29) is 12.3 Å². The highest BCUT2D eigenvalue weighted by Gasteiger charge is 2.12. The van der Waals surface area contributed by atoms with Gasteiger partial charge in [0, 0.05) is 17.0 Å². The summed E-state index contributed by atoms with van der Waals surface area (Å²) in [6, 6.07) is 9.67. The molecule has 0 radical (unpaired) electrons. The van der Waals surface area contributed by atoms with Gasteiger partial charge in [-0.3, -0.25) is 20.4 Å². The third kappa shape index (κ3) is 7.03. The zero-order valence-corrected chi connectivity index (χ0v) is 17.6. The summed E-state index contributed by atoms with van der Waals surface area (Å²) in [7, 11) is 1.49. The highest BCUT2D eigenvalue weighted by molar-refractivity contribution is 6.35. The molecule has 0 heterocycles. The summed E-state index contributed by atoms with van der Waals surface area (Å²) in [5.41, 5.74) is 5.06. The number of amides is 2. The number of nitrogens with one attached hydrogen (secondary N) is 2. The maximum absolute atomic E-state index is 12.2. The molecule has 0 atom stereocenters. The lowest BCUT2D eigenvalue weighted by atomic mass is 10.2. The van der Waals surface area contributed by atoms with E-state index in [4.69, 9.17) is 37.4 Å². The fraction of sp³-hybridized carbons (Fsp3) is 0.300. The molecular weight excluding hydrogens is 419 g/mol. The van der Waals surface area contributed by atoms with E-state index in [1.807, 2.05) is 6.92 Å². The molecule has 0 fully saturated rings. The van der Waals surface area contributed by atoms with Crippen molar-refractivity contribution in [3.63, 3.8) is 0 Å². The van der Waals surface area contributed by atoms with Crippen molar-refractivity contribution in [2.45, 2.75) is 19.8 Å². The molecule has 0 bridgehead atoms. The summed E-state index contributed by atoms with van der Waals surface area (Å²) in [6.45, 7) is 2.62. The first kappa shape index (κ1) is 22.6. The summed E-state index contributed by atoms with van der Waals surface area (Å²) < 4.78 is 16.1. The molecule has 0 aromatic heterocycles. The standard InChI is InChI=1S/C20H22Cl2N2O5/c1-3-28-17-8-6-13(11-18(17)27-2)20(26)24-23-19(25)5-4-10-29-16-9-7-14(21)12-15(16)22/h6-9,11-12H,3-5,10H2,1-2H3,(H,23,25)(H,24,26). The molecule has 0 saturated heterocycles. The molecule has 7 nitrogen and oxygen atoms in total. The maximum atomic E-state index is 12.2. The summed E-state index contributed by atoms with van der Waals surface area (Å²) in [6.07, 6.45) is 0.607. The van der Waals surface area contributed by atoms with Crippen molar-refractivity contribution in [3.8, 4) is 17.2 Å². The Morgan fingerprint density at radius 1 is 0.966 bits per heavy atom. The number of carbonyl (C=O) groups is 2. The Hall–Kier alpha value is -2.64. The zero-order valence-electron chi connectivity index (χ0n) is 16.1. The molecule has 2 amide bonds. The van der Waals surface area contributed by atoms with Crippen LogP contribution in [0.2, 0.25) is 10.0 Å². The summed E-state index contributed by atoms with van der Waals surface area (Å²) in [5, 5.41) is 0.919. The van der Waals surface area contributed by atoms with E-state index < -0.39 is 5.91 Å². The third-order valence-electron chi connectivity index (χ3n) is 3.74. The number of benzene rings is 2. The van der Waals surface area contributed by atoms with Crippen LogP contribution in [-0.2, 0) is 4.79 Å². The first-order chi connectivity index (χ1) is 13.9. The number of carbonyl (C=O) groups excluding carboxylic acids is 2. The zero-order chi connectivity index (χ0) is 21.2. The largest absolute Gasteiger partial charge is 0.493 e. The lowest BCUT2D eigenvalue weighted by Gasteiger charge is -2.12. The van der Waals surface area contributed by atoms with Crippen molar-refractivity contribution in [2.75, 3.05) is 20.3 Å². The van der Waals surface area contributed by atoms with Crippen LogP contribution in [0, 0.1) is 0 Å². The van der Waals surface area contributed by atoms with Crippen LogP contribution in [0.3, 0.4) is 0 Å².